The molecule has 0 aliphatic carbocycles. The molecule has 1 atom stereocenters. The molecular formula is C20H22ClN5. The van der Waals surface area contributed by atoms with Crippen molar-refractivity contribution >= 4 is 29.1 Å². The number of para-hydroxylation sites is 1. The average Bonchev–Trinajstić information content (AvgIpc) is 2.65. The summed E-state index contributed by atoms with van der Waals surface area (Å²) in [5.74, 6) is 1.26. The van der Waals surface area contributed by atoms with Gasteiger partial charge < -0.3 is 10.6 Å². The minimum absolute atomic E-state index is 0.272. The van der Waals surface area contributed by atoms with Crippen LogP contribution in [0.3, 0.4) is 0 Å². The van der Waals surface area contributed by atoms with Crippen LogP contribution in [-0.4, -0.2) is 21.0 Å². The molecule has 0 aliphatic rings. The van der Waals surface area contributed by atoms with E-state index in [1.165, 1.54) is 0 Å². The van der Waals surface area contributed by atoms with E-state index in [1.54, 1.807) is 12.4 Å². The molecule has 0 fully saturated rings. The molecule has 0 amide bonds. The maximum Gasteiger partial charge on any atom is 0.225 e. The van der Waals surface area contributed by atoms with Crippen molar-refractivity contribution in [2.45, 2.75) is 33.2 Å². The van der Waals surface area contributed by atoms with Crippen LogP contribution in [0.2, 0.25) is 5.02 Å². The highest BCUT2D eigenvalue weighted by Crippen LogP contribution is 2.30. The summed E-state index contributed by atoms with van der Waals surface area (Å²) in [6.45, 7) is 6.23. The molecule has 6 heteroatoms. The minimum atomic E-state index is 0.272. The molecule has 3 rings (SSSR count). The van der Waals surface area contributed by atoms with E-state index >= 15 is 0 Å². The molecule has 2 aromatic heterocycles. The molecule has 2 heterocycles. The van der Waals surface area contributed by atoms with Gasteiger partial charge in [-0.2, -0.15) is 4.98 Å². The SMILES string of the molecule is CC[C@@H](C)Nc1nc(Nc2c(C)cccc2Cl)cc(-c2cccnc2)n1. The molecule has 134 valence electrons. The number of aryl methyl sites for hydroxylation is 1. The molecule has 0 radical (unpaired) electrons. The highest BCUT2D eigenvalue weighted by Gasteiger charge is 2.11. The van der Waals surface area contributed by atoms with Crippen LogP contribution >= 0.6 is 11.6 Å². The third-order valence-electron chi connectivity index (χ3n) is 4.15. The molecule has 0 unspecified atom stereocenters. The fraction of sp³-hybridized carbons (Fsp3) is 0.250. The third-order valence-corrected chi connectivity index (χ3v) is 4.46. The topological polar surface area (TPSA) is 62.7 Å². The van der Waals surface area contributed by atoms with Crippen LogP contribution in [0, 0.1) is 6.92 Å². The molecule has 0 bridgehead atoms. The molecule has 3 aromatic rings. The summed E-state index contributed by atoms with van der Waals surface area (Å²) >= 11 is 6.35. The molecule has 2 N–H and O–H groups in total. The Hall–Kier alpha value is -2.66. The van der Waals surface area contributed by atoms with Gasteiger partial charge in [0, 0.05) is 30.1 Å². The zero-order chi connectivity index (χ0) is 18.5. The summed E-state index contributed by atoms with van der Waals surface area (Å²) < 4.78 is 0. The van der Waals surface area contributed by atoms with E-state index in [-0.39, 0.29) is 6.04 Å². The normalized spacial score (nSPS) is 11.8. The van der Waals surface area contributed by atoms with Crippen LogP contribution in [0.1, 0.15) is 25.8 Å². The largest absolute Gasteiger partial charge is 0.352 e. The Morgan fingerprint density at radius 1 is 1.15 bits per heavy atom. The maximum absolute atomic E-state index is 6.35. The first kappa shape index (κ1) is 18.1. The number of nitrogens with one attached hydrogen (secondary N) is 2. The van der Waals surface area contributed by atoms with Gasteiger partial charge >= 0.3 is 0 Å². The van der Waals surface area contributed by atoms with Gasteiger partial charge in [-0.1, -0.05) is 30.7 Å². The number of anilines is 3. The smallest absolute Gasteiger partial charge is 0.225 e. The molecule has 0 saturated heterocycles. The van der Waals surface area contributed by atoms with E-state index in [1.807, 2.05) is 43.3 Å². The summed E-state index contributed by atoms with van der Waals surface area (Å²) in [6, 6.07) is 11.8. The second-order valence-corrected chi connectivity index (χ2v) is 6.62. The molecular weight excluding hydrogens is 346 g/mol. The summed E-state index contributed by atoms with van der Waals surface area (Å²) in [5.41, 5.74) is 3.63. The number of hydrogen-bond acceptors (Lipinski definition) is 5. The first-order valence-electron chi connectivity index (χ1n) is 8.65. The van der Waals surface area contributed by atoms with Crippen molar-refractivity contribution in [2.24, 2.45) is 0 Å². The van der Waals surface area contributed by atoms with E-state index in [2.05, 4.69) is 39.4 Å². The van der Waals surface area contributed by atoms with Crippen LogP contribution in [-0.2, 0) is 0 Å². The number of aromatic nitrogens is 3. The lowest BCUT2D eigenvalue weighted by atomic mass is 10.2. The van der Waals surface area contributed by atoms with Gasteiger partial charge in [0.1, 0.15) is 5.82 Å². The third kappa shape index (κ3) is 4.29. The highest BCUT2D eigenvalue weighted by molar-refractivity contribution is 6.33. The Bertz CT molecular complexity index is 862. The number of rotatable bonds is 6. The molecule has 0 saturated carbocycles. The lowest BCUT2D eigenvalue weighted by molar-refractivity contribution is 0.753. The summed E-state index contributed by atoms with van der Waals surface area (Å²) in [6.07, 6.45) is 4.52. The Kier molecular flexibility index (Phi) is 5.68. The summed E-state index contributed by atoms with van der Waals surface area (Å²) in [5, 5.41) is 7.34. The zero-order valence-electron chi connectivity index (χ0n) is 15.1. The van der Waals surface area contributed by atoms with E-state index in [0.29, 0.717) is 16.8 Å². The maximum atomic E-state index is 6.35. The number of pyridine rings is 1. The van der Waals surface area contributed by atoms with Crippen molar-refractivity contribution in [2.75, 3.05) is 10.6 Å². The molecule has 26 heavy (non-hydrogen) atoms. The van der Waals surface area contributed by atoms with E-state index in [9.17, 15) is 0 Å². The van der Waals surface area contributed by atoms with Crippen molar-refractivity contribution in [1.29, 1.82) is 0 Å². The predicted octanol–water partition coefficient (Wildman–Crippen LogP) is 5.45. The Morgan fingerprint density at radius 3 is 2.69 bits per heavy atom. The van der Waals surface area contributed by atoms with Gasteiger partial charge in [0.25, 0.3) is 0 Å². The fourth-order valence-electron chi connectivity index (χ4n) is 2.48. The highest BCUT2D eigenvalue weighted by atomic mass is 35.5. The number of hydrogen-bond donors (Lipinski definition) is 2. The van der Waals surface area contributed by atoms with Crippen LogP contribution in [0.5, 0.6) is 0 Å². The van der Waals surface area contributed by atoms with Gasteiger partial charge in [-0.15, -0.1) is 0 Å². The molecule has 0 spiro atoms. The summed E-state index contributed by atoms with van der Waals surface area (Å²) in [4.78, 5) is 13.4. The van der Waals surface area contributed by atoms with E-state index in [0.717, 1.165) is 28.9 Å². The van der Waals surface area contributed by atoms with E-state index in [4.69, 9.17) is 11.6 Å². The Balaban J connectivity index is 2.02. The minimum Gasteiger partial charge on any atom is -0.352 e. The van der Waals surface area contributed by atoms with Crippen molar-refractivity contribution in [3.8, 4) is 11.3 Å². The van der Waals surface area contributed by atoms with Gasteiger partial charge in [-0.05, 0) is 44.0 Å². The Morgan fingerprint density at radius 2 is 2.00 bits per heavy atom. The van der Waals surface area contributed by atoms with Gasteiger partial charge in [0.15, 0.2) is 0 Å². The standard InChI is InChI=1S/C20H22ClN5/c1-4-14(3)23-20-24-17(15-8-6-10-22-12-15)11-18(26-20)25-19-13(2)7-5-9-16(19)21/h5-12,14H,4H2,1-3H3,(H2,23,24,25,26)/t14-/m1/s1. The van der Waals surface area contributed by atoms with Crippen molar-refractivity contribution in [3.63, 3.8) is 0 Å². The molecule has 1 aromatic carbocycles. The summed E-state index contributed by atoms with van der Waals surface area (Å²) in [7, 11) is 0. The lowest BCUT2D eigenvalue weighted by Crippen LogP contribution is -2.16. The quantitative estimate of drug-likeness (QED) is 0.606. The average molecular weight is 368 g/mol. The lowest BCUT2D eigenvalue weighted by Gasteiger charge is -2.16. The van der Waals surface area contributed by atoms with Crippen molar-refractivity contribution in [3.05, 3.63) is 59.4 Å². The van der Waals surface area contributed by atoms with Gasteiger partial charge in [-0.25, -0.2) is 4.98 Å². The van der Waals surface area contributed by atoms with Crippen LogP contribution in [0.15, 0.2) is 48.8 Å². The fourth-order valence-corrected chi connectivity index (χ4v) is 2.75. The molecule has 0 aliphatic heterocycles. The molecule has 5 nitrogen and oxygen atoms in total. The van der Waals surface area contributed by atoms with Crippen molar-refractivity contribution in [1.82, 2.24) is 15.0 Å². The second-order valence-electron chi connectivity index (χ2n) is 6.21. The van der Waals surface area contributed by atoms with Crippen LogP contribution in [0.25, 0.3) is 11.3 Å². The van der Waals surface area contributed by atoms with Crippen molar-refractivity contribution < 1.29 is 0 Å². The number of nitrogens with zero attached hydrogens (tertiary/aromatic N) is 3. The second kappa shape index (κ2) is 8.15. The predicted molar refractivity (Wildman–Crippen MR) is 108 cm³/mol. The Labute approximate surface area is 158 Å². The zero-order valence-corrected chi connectivity index (χ0v) is 15.9. The first-order valence-corrected chi connectivity index (χ1v) is 9.02. The van der Waals surface area contributed by atoms with Gasteiger partial charge in [-0.3, -0.25) is 4.98 Å². The first-order chi connectivity index (χ1) is 12.6. The van der Waals surface area contributed by atoms with Crippen LogP contribution < -0.4 is 10.6 Å². The van der Waals surface area contributed by atoms with Gasteiger partial charge in [0.2, 0.25) is 5.95 Å². The van der Waals surface area contributed by atoms with E-state index < -0.39 is 0 Å². The van der Waals surface area contributed by atoms with Crippen LogP contribution in [0.4, 0.5) is 17.5 Å². The number of halogens is 1. The van der Waals surface area contributed by atoms with Gasteiger partial charge in [0.05, 0.1) is 16.4 Å². The number of benzene rings is 1. The monoisotopic (exact) mass is 367 g/mol.